The van der Waals surface area contributed by atoms with Crippen molar-refractivity contribution in [3.63, 3.8) is 0 Å². The van der Waals surface area contributed by atoms with Crippen molar-refractivity contribution in [2.24, 2.45) is 5.73 Å². The third kappa shape index (κ3) is 4.97. The molecule has 0 aromatic carbocycles. The summed E-state index contributed by atoms with van der Waals surface area (Å²) in [6.07, 6.45) is 7.03. The van der Waals surface area contributed by atoms with Crippen molar-refractivity contribution in [1.29, 1.82) is 0 Å². The zero-order chi connectivity index (χ0) is 12.2. The number of hydrogen-bond donors (Lipinski definition) is 1. The second kappa shape index (κ2) is 5.17. The van der Waals surface area contributed by atoms with Crippen LogP contribution in [0.3, 0.4) is 0 Å². The molecule has 0 spiro atoms. The molecule has 0 atom stereocenters. The molecule has 0 saturated heterocycles. The van der Waals surface area contributed by atoms with E-state index >= 15 is 0 Å². The van der Waals surface area contributed by atoms with Gasteiger partial charge in [-0.3, -0.25) is 4.79 Å². The number of esters is 1. The summed E-state index contributed by atoms with van der Waals surface area (Å²) < 4.78 is 5.33. The van der Waals surface area contributed by atoms with Gasteiger partial charge in [0.2, 0.25) is 0 Å². The standard InChI is InChI=1S/C13H25NO2/c1-12(2,3)16-11(15)10-13(14)8-6-4-5-7-9-13/h4-10,14H2,1-3H3. The van der Waals surface area contributed by atoms with Crippen molar-refractivity contribution in [3.8, 4) is 0 Å². The fraction of sp³-hybridized carbons (Fsp3) is 0.923. The lowest BCUT2D eigenvalue weighted by molar-refractivity contribution is -0.156. The molecule has 3 nitrogen and oxygen atoms in total. The monoisotopic (exact) mass is 227 g/mol. The highest BCUT2D eigenvalue weighted by Gasteiger charge is 2.31. The van der Waals surface area contributed by atoms with Crippen LogP contribution >= 0.6 is 0 Å². The van der Waals surface area contributed by atoms with Gasteiger partial charge < -0.3 is 10.5 Å². The first-order chi connectivity index (χ1) is 7.31. The lowest BCUT2D eigenvalue weighted by Crippen LogP contribution is -2.42. The summed E-state index contributed by atoms with van der Waals surface area (Å²) >= 11 is 0. The van der Waals surface area contributed by atoms with E-state index in [4.69, 9.17) is 10.5 Å². The Morgan fingerprint density at radius 1 is 1.19 bits per heavy atom. The van der Waals surface area contributed by atoms with Gasteiger partial charge >= 0.3 is 5.97 Å². The van der Waals surface area contributed by atoms with Gasteiger partial charge in [-0.25, -0.2) is 0 Å². The molecule has 16 heavy (non-hydrogen) atoms. The van der Waals surface area contributed by atoms with E-state index in [-0.39, 0.29) is 11.5 Å². The Morgan fingerprint density at radius 3 is 2.12 bits per heavy atom. The van der Waals surface area contributed by atoms with Crippen LogP contribution < -0.4 is 5.73 Å². The first-order valence-corrected chi connectivity index (χ1v) is 6.32. The van der Waals surface area contributed by atoms with E-state index in [9.17, 15) is 4.79 Å². The van der Waals surface area contributed by atoms with Gasteiger partial charge in [0.25, 0.3) is 0 Å². The van der Waals surface area contributed by atoms with Gasteiger partial charge in [0.15, 0.2) is 0 Å². The molecule has 2 N–H and O–H groups in total. The van der Waals surface area contributed by atoms with E-state index in [1.807, 2.05) is 20.8 Å². The minimum absolute atomic E-state index is 0.156. The number of carbonyl (C=O) groups excluding carboxylic acids is 1. The Labute approximate surface area is 98.7 Å². The van der Waals surface area contributed by atoms with Gasteiger partial charge in [-0.2, -0.15) is 0 Å². The molecule has 0 aromatic rings. The van der Waals surface area contributed by atoms with E-state index in [1.165, 1.54) is 12.8 Å². The van der Waals surface area contributed by atoms with Crippen LogP contribution in [0.2, 0.25) is 0 Å². The zero-order valence-corrected chi connectivity index (χ0v) is 10.8. The maximum absolute atomic E-state index is 11.7. The Balaban J connectivity index is 2.47. The SMILES string of the molecule is CC(C)(C)OC(=O)CC1(N)CCCCCC1. The van der Waals surface area contributed by atoms with Crippen LogP contribution in [0.25, 0.3) is 0 Å². The Morgan fingerprint density at radius 2 is 1.69 bits per heavy atom. The van der Waals surface area contributed by atoms with Crippen LogP contribution in [0.15, 0.2) is 0 Å². The summed E-state index contributed by atoms with van der Waals surface area (Å²) in [6, 6.07) is 0. The summed E-state index contributed by atoms with van der Waals surface area (Å²) in [7, 11) is 0. The molecule has 1 rings (SSSR count). The molecule has 1 aliphatic rings. The molecule has 0 aromatic heterocycles. The van der Waals surface area contributed by atoms with Crippen LogP contribution in [0, 0.1) is 0 Å². The van der Waals surface area contributed by atoms with Gasteiger partial charge in [0.1, 0.15) is 5.60 Å². The number of ether oxygens (including phenoxy) is 1. The fourth-order valence-corrected chi connectivity index (χ4v) is 2.27. The van der Waals surface area contributed by atoms with Gasteiger partial charge in [-0.05, 0) is 33.6 Å². The van der Waals surface area contributed by atoms with Crippen LogP contribution in [0.5, 0.6) is 0 Å². The maximum atomic E-state index is 11.7. The van der Waals surface area contributed by atoms with Crippen molar-refractivity contribution >= 4 is 5.97 Å². The normalized spacial score (nSPS) is 21.2. The van der Waals surface area contributed by atoms with Crippen molar-refractivity contribution in [3.05, 3.63) is 0 Å². The van der Waals surface area contributed by atoms with E-state index in [1.54, 1.807) is 0 Å². The second-order valence-electron chi connectivity index (χ2n) is 6.04. The van der Waals surface area contributed by atoms with E-state index in [0.29, 0.717) is 6.42 Å². The van der Waals surface area contributed by atoms with E-state index < -0.39 is 5.60 Å². The van der Waals surface area contributed by atoms with E-state index in [2.05, 4.69) is 0 Å². The fourth-order valence-electron chi connectivity index (χ4n) is 2.27. The van der Waals surface area contributed by atoms with E-state index in [0.717, 1.165) is 25.7 Å². The van der Waals surface area contributed by atoms with Gasteiger partial charge in [0.05, 0.1) is 6.42 Å². The molecule has 0 bridgehead atoms. The summed E-state index contributed by atoms with van der Waals surface area (Å²) in [6.45, 7) is 5.67. The first kappa shape index (κ1) is 13.5. The van der Waals surface area contributed by atoms with Crippen LogP contribution in [-0.2, 0) is 9.53 Å². The molecular weight excluding hydrogens is 202 g/mol. The number of nitrogens with two attached hydrogens (primary N) is 1. The predicted octanol–water partition coefficient (Wildman–Crippen LogP) is 2.77. The summed E-state index contributed by atoms with van der Waals surface area (Å²) in [5, 5.41) is 0. The Bertz CT molecular complexity index is 235. The predicted molar refractivity (Wildman–Crippen MR) is 65.1 cm³/mol. The number of carbonyl (C=O) groups is 1. The molecule has 3 heteroatoms. The van der Waals surface area contributed by atoms with Gasteiger partial charge in [0, 0.05) is 5.54 Å². The highest BCUT2D eigenvalue weighted by Crippen LogP contribution is 2.28. The Hall–Kier alpha value is -0.570. The molecule has 0 heterocycles. The third-order valence-electron chi connectivity index (χ3n) is 3.02. The van der Waals surface area contributed by atoms with Gasteiger partial charge in [-0.15, -0.1) is 0 Å². The first-order valence-electron chi connectivity index (χ1n) is 6.32. The summed E-state index contributed by atoms with van der Waals surface area (Å²) in [5.74, 6) is -0.156. The van der Waals surface area contributed by atoms with Crippen molar-refractivity contribution < 1.29 is 9.53 Å². The molecule has 94 valence electrons. The molecule has 0 unspecified atom stereocenters. The lowest BCUT2D eigenvalue weighted by Gasteiger charge is -2.29. The average molecular weight is 227 g/mol. The maximum Gasteiger partial charge on any atom is 0.308 e. The molecule has 0 amide bonds. The molecule has 1 fully saturated rings. The van der Waals surface area contributed by atoms with Gasteiger partial charge in [-0.1, -0.05) is 25.7 Å². The minimum Gasteiger partial charge on any atom is -0.460 e. The minimum atomic E-state index is -0.405. The summed E-state index contributed by atoms with van der Waals surface area (Å²) in [5.41, 5.74) is 5.55. The van der Waals surface area contributed by atoms with Crippen molar-refractivity contribution in [2.75, 3.05) is 0 Å². The smallest absolute Gasteiger partial charge is 0.308 e. The molecule has 0 aliphatic heterocycles. The van der Waals surface area contributed by atoms with Crippen LogP contribution in [0.1, 0.15) is 65.7 Å². The highest BCUT2D eigenvalue weighted by atomic mass is 16.6. The molecule has 1 aliphatic carbocycles. The van der Waals surface area contributed by atoms with Crippen molar-refractivity contribution in [2.45, 2.75) is 76.9 Å². The quantitative estimate of drug-likeness (QED) is 0.583. The largest absolute Gasteiger partial charge is 0.460 e. The van der Waals surface area contributed by atoms with Crippen molar-refractivity contribution in [1.82, 2.24) is 0 Å². The Kier molecular flexibility index (Phi) is 4.36. The van der Waals surface area contributed by atoms with Crippen LogP contribution in [0.4, 0.5) is 0 Å². The van der Waals surface area contributed by atoms with Crippen LogP contribution in [-0.4, -0.2) is 17.1 Å². The number of rotatable bonds is 2. The number of hydrogen-bond acceptors (Lipinski definition) is 3. The average Bonchev–Trinajstić information content (AvgIpc) is 2.25. The summed E-state index contributed by atoms with van der Waals surface area (Å²) in [4.78, 5) is 11.7. The zero-order valence-electron chi connectivity index (χ0n) is 10.8. The highest BCUT2D eigenvalue weighted by molar-refractivity contribution is 5.71. The molecule has 0 radical (unpaired) electrons. The lowest BCUT2D eigenvalue weighted by atomic mass is 9.88. The molecular formula is C13H25NO2. The molecule has 1 saturated carbocycles. The second-order valence-corrected chi connectivity index (χ2v) is 6.04. The topological polar surface area (TPSA) is 52.3 Å². The third-order valence-corrected chi connectivity index (χ3v) is 3.02.